The second kappa shape index (κ2) is 11.5. The van der Waals surface area contributed by atoms with E-state index in [9.17, 15) is 18.3 Å². The van der Waals surface area contributed by atoms with Gasteiger partial charge in [0.25, 0.3) is 5.91 Å². The molecule has 2 heterocycles. The molecule has 2 N–H and O–H groups in total. The van der Waals surface area contributed by atoms with Gasteiger partial charge in [-0.3, -0.25) is 4.79 Å². The van der Waals surface area contributed by atoms with E-state index >= 15 is 0 Å². The number of hydrogen-bond donors (Lipinski definition) is 2. The largest absolute Gasteiger partial charge is 0.490 e. The highest BCUT2D eigenvalue weighted by molar-refractivity contribution is 7.87. The van der Waals surface area contributed by atoms with Gasteiger partial charge in [-0.1, -0.05) is 36.7 Å². The van der Waals surface area contributed by atoms with E-state index in [1.54, 1.807) is 25.1 Å². The van der Waals surface area contributed by atoms with Gasteiger partial charge in [0.2, 0.25) is 0 Å². The molecule has 2 aliphatic heterocycles. The highest BCUT2D eigenvalue weighted by Gasteiger charge is 2.44. The first-order valence-corrected chi connectivity index (χ1v) is 16.9. The Hall–Kier alpha value is -2.59. The molecule has 10 heteroatoms. The van der Waals surface area contributed by atoms with Crippen molar-refractivity contribution in [3.05, 3.63) is 70.3 Å². The number of nitrogens with one attached hydrogen (secondary N) is 1. The summed E-state index contributed by atoms with van der Waals surface area (Å²) in [6, 6.07) is 11.0. The third kappa shape index (κ3) is 5.45. The molecule has 0 unspecified atom stereocenters. The number of rotatable bonds is 1. The summed E-state index contributed by atoms with van der Waals surface area (Å²) in [7, 11) is -4.09. The van der Waals surface area contributed by atoms with Crippen molar-refractivity contribution in [2.45, 2.75) is 69.9 Å². The van der Waals surface area contributed by atoms with Gasteiger partial charge in [0.05, 0.1) is 18.4 Å². The third-order valence-corrected chi connectivity index (χ3v) is 11.7. The molecule has 6 rings (SSSR count). The van der Waals surface area contributed by atoms with Gasteiger partial charge in [0.1, 0.15) is 5.75 Å². The number of anilines is 1. The molecule has 2 aromatic rings. The first kappa shape index (κ1) is 29.5. The van der Waals surface area contributed by atoms with Gasteiger partial charge in [-0.15, -0.1) is 0 Å². The number of nitrogens with zero attached hydrogens (tertiary/aromatic N) is 2. The van der Waals surface area contributed by atoms with Crippen molar-refractivity contribution in [2.24, 2.45) is 11.8 Å². The van der Waals surface area contributed by atoms with E-state index in [-0.39, 0.29) is 35.4 Å². The summed E-state index contributed by atoms with van der Waals surface area (Å²) >= 11 is 6.38. The van der Waals surface area contributed by atoms with Crippen LogP contribution < -0.4 is 14.4 Å². The molecule has 1 fully saturated rings. The van der Waals surface area contributed by atoms with E-state index < -0.39 is 22.2 Å². The number of carbonyl (C=O) groups excluding carboxylic acids is 1. The Balaban J connectivity index is 1.42. The molecule has 5 atom stereocenters. The number of fused-ring (bicyclic) bond motifs is 4. The van der Waals surface area contributed by atoms with Gasteiger partial charge in [0.15, 0.2) is 0 Å². The normalized spacial score (nSPS) is 32.0. The number of halogens is 1. The zero-order chi connectivity index (χ0) is 29.6. The zero-order valence-corrected chi connectivity index (χ0v) is 25.8. The van der Waals surface area contributed by atoms with E-state index in [4.69, 9.17) is 16.3 Å². The molecule has 1 saturated carbocycles. The standard InChI is InChI=1S/C32H40ClN3O5S/c1-3-36-21(2)6-4-8-29(37)26-12-9-24(26)18-35-19-32(15-5-7-22-16-25(33)11-13-27(22)32)20-41-30-14-10-23(17-28(30)35)31(38)34-42(36,39)40/h4,8,10-11,13-14,16-17,21,24,26,29,37H,3,5-7,9,12,15,18-20H2,1-2H3,(H,34,38)/b8-4-/t21-,24+,26-,29+,32+/m1/s1. The lowest BCUT2D eigenvalue weighted by atomic mass is 9.68. The molecule has 1 spiro atoms. The molecule has 2 bridgehead atoms. The van der Waals surface area contributed by atoms with Crippen molar-refractivity contribution in [1.82, 2.24) is 9.03 Å². The maximum Gasteiger partial charge on any atom is 0.304 e. The van der Waals surface area contributed by atoms with Crippen LogP contribution in [0.4, 0.5) is 5.69 Å². The van der Waals surface area contributed by atoms with Crippen molar-refractivity contribution < 1.29 is 23.1 Å². The molecule has 8 nitrogen and oxygen atoms in total. The maximum absolute atomic E-state index is 13.4. The third-order valence-electron chi connectivity index (χ3n) is 9.81. The maximum atomic E-state index is 13.4. The van der Waals surface area contributed by atoms with Crippen LogP contribution in [0, 0.1) is 11.8 Å². The molecule has 4 aliphatic rings. The number of benzene rings is 2. The Morgan fingerprint density at radius 1 is 1.19 bits per heavy atom. The molecule has 0 saturated heterocycles. The summed E-state index contributed by atoms with van der Waals surface area (Å²) in [5.41, 5.74) is 3.28. The Kier molecular flexibility index (Phi) is 8.06. The molecular weight excluding hydrogens is 574 g/mol. The number of amides is 1. The number of carbonyl (C=O) groups is 1. The number of hydrogen-bond acceptors (Lipinski definition) is 6. The Labute approximate surface area is 253 Å². The summed E-state index contributed by atoms with van der Waals surface area (Å²) in [6.07, 6.45) is 8.43. The van der Waals surface area contributed by atoms with Crippen molar-refractivity contribution in [3.8, 4) is 5.75 Å². The summed E-state index contributed by atoms with van der Waals surface area (Å²) in [4.78, 5) is 15.7. The van der Waals surface area contributed by atoms with Crippen molar-refractivity contribution in [1.29, 1.82) is 0 Å². The first-order valence-electron chi connectivity index (χ1n) is 15.1. The molecule has 42 heavy (non-hydrogen) atoms. The van der Waals surface area contributed by atoms with E-state index in [2.05, 4.69) is 21.8 Å². The monoisotopic (exact) mass is 613 g/mol. The average Bonchev–Trinajstić information content (AvgIpc) is 3.07. The molecule has 1 amide bonds. The van der Waals surface area contributed by atoms with Gasteiger partial charge in [-0.25, -0.2) is 4.72 Å². The minimum absolute atomic E-state index is 0.114. The van der Waals surface area contributed by atoms with Crippen LogP contribution in [0.25, 0.3) is 0 Å². The summed E-state index contributed by atoms with van der Waals surface area (Å²) in [5, 5.41) is 11.9. The minimum Gasteiger partial charge on any atom is -0.490 e. The van der Waals surface area contributed by atoms with Gasteiger partial charge in [-0.2, -0.15) is 12.7 Å². The van der Waals surface area contributed by atoms with E-state index in [1.807, 2.05) is 25.1 Å². The average molecular weight is 614 g/mol. The van der Waals surface area contributed by atoms with Gasteiger partial charge in [-0.05, 0) is 98.7 Å². The van der Waals surface area contributed by atoms with E-state index in [0.717, 1.165) is 42.8 Å². The lowest BCUT2D eigenvalue weighted by Crippen LogP contribution is -2.49. The van der Waals surface area contributed by atoms with Crippen molar-refractivity contribution >= 4 is 33.4 Å². The molecule has 0 radical (unpaired) electrons. The first-order chi connectivity index (χ1) is 20.1. The van der Waals surface area contributed by atoms with Crippen LogP contribution in [0.1, 0.15) is 67.4 Å². The van der Waals surface area contributed by atoms with Crippen LogP contribution in [0.2, 0.25) is 5.02 Å². The number of aliphatic hydroxyl groups excluding tert-OH is 1. The number of aryl methyl sites for hydroxylation is 1. The Morgan fingerprint density at radius 3 is 2.79 bits per heavy atom. The summed E-state index contributed by atoms with van der Waals surface area (Å²) in [5.74, 6) is 0.396. The van der Waals surface area contributed by atoms with Crippen LogP contribution in [0.5, 0.6) is 5.75 Å². The van der Waals surface area contributed by atoms with Crippen LogP contribution >= 0.6 is 11.6 Å². The van der Waals surface area contributed by atoms with Crippen LogP contribution in [-0.2, 0) is 22.0 Å². The molecular formula is C32H40ClN3O5S. The van der Waals surface area contributed by atoms with Crippen LogP contribution in [-0.4, -0.2) is 62.1 Å². The quantitative estimate of drug-likeness (QED) is 0.447. The predicted molar refractivity (Wildman–Crippen MR) is 164 cm³/mol. The van der Waals surface area contributed by atoms with Gasteiger partial charge < -0.3 is 14.7 Å². The topological polar surface area (TPSA) is 99.2 Å². The highest BCUT2D eigenvalue weighted by Crippen LogP contribution is 2.46. The fraction of sp³-hybridized carbons (Fsp3) is 0.531. The summed E-state index contributed by atoms with van der Waals surface area (Å²) < 4.78 is 36.7. The molecule has 2 aliphatic carbocycles. The second-order valence-electron chi connectivity index (χ2n) is 12.4. The number of aliphatic hydroxyl groups is 1. The fourth-order valence-corrected chi connectivity index (χ4v) is 9.00. The molecule has 226 valence electrons. The van der Waals surface area contributed by atoms with Gasteiger partial charge in [0, 0.05) is 41.7 Å². The molecule has 0 aromatic heterocycles. The summed E-state index contributed by atoms with van der Waals surface area (Å²) in [6.45, 7) is 5.67. The lowest BCUT2D eigenvalue weighted by molar-refractivity contribution is 0.0455. The van der Waals surface area contributed by atoms with E-state index in [0.29, 0.717) is 31.9 Å². The second-order valence-corrected chi connectivity index (χ2v) is 14.5. The molecule has 2 aromatic carbocycles. The smallest absolute Gasteiger partial charge is 0.304 e. The van der Waals surface area contributed by atoms with Crippen molar-refractivity contribution in [3.63, 3.8) is 0 Å². The van der Waals surface area contributed by atoms with Gasteiger partial charge >= 0.3 is 10.2 Å². The Bertz CT molecular complexity index is 1500. The minimum atomic E-state index is -4.09. The van der Waals surface area contributed by atoms with E-state index in [1.165, 1.54) is 15.4 Å². The highest BCUT2D eigenvalue weighted by atomic mass is 35.5. The fourth-order valence-electron chi connectivity index (χ4n) is 7.44. The zero-order valence-electron chi connectivity index (χ0n) is 24.3. The van der Waals surface area contributed by atoms with Crippen LogP contribution in [0.15, 0.2) is 48.6 Å². The Morgan fingerprint density at radius 2 is 2.02 bits per heavy atom. The van der Waals surface area contributed by atoms with Crippen LogP contribution in [0.3, 0.4) is 0 Å². The predicted octanol–water partition coefficient (Wildman–Crippen LogP) is 4.85. The lowest BCUT2D eigenvalue weighted by Gasteiger charge is -2.45. The number of ether oxygens (including phenoxy) is 1. The SMILES string of the molecule is CCN1[C@H](C)C/C=C\[C@H](O)[C@@H]2CC[C@H]2CN2C[C@@]3(CCCc4cc(Cl)ccc43)COc3ccc(cc32)C(=O)NS1(=O)=O. The van der Waals surface area contributed by atoms with Crippen molar-refractivity contribution in [2.75, 3.05) is 31.1 Å².